The standard InChI is InChI=1S/C18H21NO2/c1-2-13-7-5-6-12-19(13)17-11-10-16(18(20)21)14-8-3-4-9-15(14)17/h3-4,8-11,13H,2,5-7,12H2,1H3,(H,20,21). The number of hydrogen-bond acceptors (Lipinski definition) is 2. The monoisotopic (exact) mass is 283 g/mol. The average molecular weight is 283 g/mol. The highest BCUT2D eigenvalue weighted by Crippen LogP contribution is 2.34. The number of nitrogens with zero attached hydrogens (tertiary/aromatic N) is 1. The molecule has 3 heteroatoms. The number of hydrogen-bond donors (Lipinski definition) is 1. The maximum atomic E-state index is 11.4. The second-order valence-corrected chi connectivity index (χ2v) is 5.73. The van der Waals surface area contributed by atoms with Gasteiger partial charge in [-0.25, -0.2) is 4.79 Å². The number of piperidine rings is 1. The van der Waals surface area contributed by atoms with Crippen molar-refractivity contribution in [1.82, 2.24) is 0 Å². The molecule has 0 bridgehead atoms. The van der Waals surface area contributed by atoms with Crippen LogP contribution in [-0.4, -0.2) is 23.7 Å². The van der Waals surface area contributed by atoms with E-state index < -0.39 is 5.97 Å². The van der Waals surface area contributed by atoms with Gasteiger partial charge in [-0.2, -0.15) is 0 Å². The van der Waals surface area contributed by atoms with Crippen molar-refractivity contribution in [3.63, 3.8) is 0 Å². The number of benzene rings is 2. The summed E-state index contributed by atoms with van der Waals surface area (Å²) in [6.45, 7) is 3.30. The first-order valence-corrected chi connectivity index (χ1v) is 7.74. The highest BCUT2D eigenvalue weighted by molar-refractivity contribution is 6.07. The van der Waals surface area contributed by atoms with Crippen molar-refractivity contribution < 1.29 is 9.90 Å². The van der Waals surface area contributed by atoms with Gasteiger partial charge in [0.1, 0.15) is 0 Å². The van der Waals surface area contributed by atoms with E-state index in [-0.39, 0.29) is 0 Å². The molecule has 1 atom stereocenters. The SMILES string of the molecule is CCC1CCCCN1c1ccc(C(=O)O)c2ccccc12. The summed E-state index contributed by atoms with van der Waals surface area (Å²) in [5, 5.41) is 11.3. The molecule has 1 saturated heterocycles. The number of rotatable bonds is 3. The highest BCUT2D eigenvalue weighted by atomic mass is 16.4. The molecule has 1 unspecified atom stereocenters. The number of carboxylic acid groups (broad SMARTS) is 1. The van der Waals surface area contributed by atoms with E-state index in [9.17, 15) is 9.90 Å². The fourth-order valence-electron chi connectivity index (χ4n) is 3.46. The van der Waals surface area contributed by atoms with Crippen molar-refractivity contribution in [2.45, 2.75) is 38.6 Å². The zero-order valence-corrected chi connectivity index (χ0v) is 12.4. The lowest BCUT2D eigenvalue weighted by Gasteiger charge is -2.38. The number of anilines is 1. The van der Waals surface area contributed by atoms with E-state index in [0.29, 0.717) is 11.6 Å². The molecule has 0 aliphatic carbocycles. The Bertz CT molecular complexity index is 665. The summed E-state index contributed by atoms with van der Waals surface area (Å²) < 4.78 is 0. The minimum atomic E-state index is -0.858. The molecule has 0 amide bonds. The van der Waals surface area contributed by atoms with Crippen LogP contribution in [0.4, 0.5) is 5.69 Å². The van der Waals surface area contributed by atoms with E-state index in [0.717, 1.165) is 23.7 Å². The summed E-state index contributed by atoms with van der Waals surface area (Å²) in [6, 6.07) is 12.2. The van der Waals surface area contributed by atoms with Crippen LogP contribution in [0.2, 0.25) is 0 Å². The first-order chi connectivity index (χ1) is 10.2. The van der Waals surface area contributed by atoms with Crippen LogP contribution in [0.1, 0.15) is 43.0 Å². The normalized spacial score (nSPS) is 18.9. The highest BCUT2D eigenvalue weighted by Gasteiger charge is 2.23. The van der Waals surface area contributed by atoms with Crippen molar-refractivity contribution in [1.29, 1.82) is 0 Å². The Morgan fingerprint density at radius 2 is 1.95 bits per heavy atom. The van der Waals surface area contributed by atoms with E-state index in [1.807, 2.05) is 30.3 Å². The summed E-state index contributed by atoms with van der Waals surface area (Å²) in [4.78, 5) is 13.9. The third kappa shape index (κ3) is 2.48. The van der Waals surface area contributed by atoms with Crippen molar-refractivity contribution >= 4 is 22.4 Å². The molecule has 0 spiro atoms. The molecular weight excluding hydrogens is 262 g/mol. The van der Waals surface area contributed by atoms with Gasteiger partial charge >= 0.3 is 5.97 Å². The molecule has 1 N–H and O–H groups in total. The lowest BCUT2D eigenvalue weighted by Crippen LogP contribution is -2.39. The maximum absolute atomic E-state index is 11.4. The number of aromatic carboxylic acids is 1. The van der Waals surface area contributed by atoms with Crippen molar-refractivity contribution in [3.8, 4) is 0 Å². The van der Waals surface area contributed by atoms with Crippen LogP contribution in [0.3, 0.4) is 0 Å². The first-order valence-electron chi connectivity index (χ1n) is 7.74. The Morgan fingerprint density at radius 1 is 1.19 bits per heavy atom. The van der Waals surface area contributed by atoms with Gasteiger partial charge in [-0.15, -0.1) is 0 Å². The number of carboxylic acids is 1. The Morgan fingerprint density at radius 3 is 2.67 bits per heavy atom. The van der Waals surface area contributed by atoms with Crippen LogP contribution in [0.15, 0.2) is 36.4 Å². The molecular formula is C18H21NO2. The van der Waals surface area contributed by atoms with Crippen LogP contribution in [0, 0.1) is 0 Å². The molecule has 2 aromatic carbocycles. The summed E-state index contributed by atoms with van der Waals surface area (Å²) in [7, 11) is 0. The van der Waals surface area contributed by atoms with Crippen LogP contribution in [0.5, 0.6) is 0 Å². The fourth-order valence-corrected chi connectivity index (χ4v) is 3.46. The lowest BCUT2D eigenvalue weighted by atomic mass is 9.96. The van der Waals surface area contributed by atoms with Gasteiger partial charge in [-0.05, 0) is 43.2 Å². The molecule has 0 aromatic heterocycles. The zero-order chi connectivity index (χ0) is 14.8. The second-order valence-electron chi connectivity index (χ2n) is 5.73. The molecule has 3 nitrogen and oxygen atoms in total. The Balaban J connectivity index is 2.15. The summed E-state index contributed by atoms with van der Waals surface area (Å²) >= 11 is 0. The van der Waals surface area contributed by atoms with Crippen LogP contribution in [-0.2, 0) is 0 Å². The van der Waals surface area contributed by atoms with Gasteiger partial charge in [0.2, 0.25) is 0 Å². The third-order valence-corrected chi connectivity index (χ3v) is 4.54. The minimum absolute atomic E-state index is 0.388. The van der Waals surface area contributed by atoms with Gasteiger partial charge in [0.15, 0.2) is 0 Å². The molecule has 1 aliphatic heterocycles. The molecule has 1 fully saturated rings. The van der Waals surface area contributed by atoms with Crippen LogP contribution in [0.25, 0.3) is 10.8 Å². The zero-order valence-electron chi connectivity index (χ0n) is 12.4. The third-order valence-electron chi connectivity index (χ3n) is 4.54. The Kier molecular flexibility index (Phi) is 3.82. The van der Waals surface area contributed by atoms with E-state index in [4.69, 9.17) is 0 Å². The van der Waals surface area contributed by atoms with E-state index in [1.165, 1.54) is 24.9 Å². The predicted octanol–water partition coefficient (Wildman–Crippen LogP) is 4.31. The summed E-state index contributed by atoms with van der Waals surface area (Å²) in [6.07, 6.45) is 4.87. The largest absolute Gasteiger partial charge is 0.478 e. The van der Waals surface area contributed by atoms with Gasteiger partial charge in [-0.1, -0.05) is 31.2 Å². The van der Waals surface area contributed by atoms with Crippen molar-refractivity contribution in [2.75, 3.05) is 11.4 Å². The second kappa shape index (κ2) is 5.76. The molecule has 1 aliphatic rings. The van der Waals surface area contributed by atoms with Gasteiger partial charge < -0.3 is 10.0 Å². The molecule has 0 saturated carbocycles. The lowest BCUT2D eigenvalue weighted by molar-refractivity contribution is 0.0699. The maximum Gasteiger partial charge on any atom is 0.336 e. The Labute approximate surface area is 125 Å². The minimum Gasteiger partial charge on any atom is -0.478 e. The van der Waals surface area contributed by atoms with Gasteiger partial charge in [0.25, 0.3) is 0 Å². The van der Waals surface area contributed by atoms with Gasteiger partial charge in [0, 0.05) is 23.7 Å². The van der Waals surface area contributed by atoms with Crippen molar-refractivity contribution in [3.05, 3.63) is 42.0 Å². The Hall–Kier alpha value is -2.03. The topological polar surface area (TPSA) is 40.5 Å². The van der Waals surface area contributed by atoms with Gasteiger partial charge in [0.05, 0.1) is 5.56 Å². The molecule has 1 heterocycles. The molecule has 110 valence electrons. The van der Waals surface area contributed by atoms with Gasteiger partial charge in [-0.3, -0.25) is 0 Å². The summed E-state index contributed by atoms with van der Waals surface area (Å²) in [5.74, 6) is -0.858. The first kappa shape index (κ1) is 13.9. The molecule has 21 heavy (non-hydrogen) atoms. The average Bonchev–Trinajstić information content (AvgIpc) is 2.53. The number of fused-ring (bicyclic) bond motifs is 1. The van der Waals surface area contributed by atoms with Crippen LogP contribution < -0.4 is 4.90 Å². The molecule has 3 rings (SSSR count). The fraction of sp³-hybridized carbons (Fsp3) is 0.389. The molecule has 2 aromatic rings. The van der Waals surface area contributed by atoms with Crippen molar-refractivity contribution in [2.24, 2.45) is 0 Å². The van der Waals surface area contributed by atoms with E-state index >= 15 is 0 Å². The summed E-state index contributed by atoms with van der Waals surface area (Å²) in [5.41, 5.74) is 1.57. The number of carbonyl (C=O) groups is 1. The molecule has 0 radical (unpaired) electrons. The predicted molar refractivity (Wildman–Crippen MR) is 86.2 cm³/mol. The quantitative estimate of drug-likeness (QED) is 0.912. The van der Waals surface area contributed by atoms with E-state index in [1.54, 1.807) is 6.07 Å². The van der Waals surface area contributed by atoms with Crippen LogP contribution >= 0.6 is 0 Å². The van der Waals surface area contributed by atoms with E-state index in [2.05, 4.69) is 11.8 Å². The smallest absolute Gasteiger partial charge is 0.336 e.